The molecular weight excluding hydrogens is 259 g/mol. The second-order valence-electron chi connectivity index (χ2n) is 4.92. The first-order valence-corrected chi connectivity index (χ1v) is 10.0. The van der Waals surface area contributed by atoms with Crippen molar-refractivity contribution in [2.75, 3.05) is 30.3 Å². The van der Waals surface area contributed by atoms with Gasteiger partial charge in [0.2, 0.25) is 0 Å². The summed E-state index contributed by atoms with van der Waals surface area (Å²) in [4.78, 5) is 0.211. The number of hydrogen-bond donors (Lipinski definition) is 0. The van der Waals surface area contributed by atoms with Gasteiger partial charge in [0.1, 0.15) is 5.82 Å². The molecule has 5 heteroatoms. The molecule has 0 heterocycles. The molecule has 0 saturated heterocycles. The Kier molecular flexibility index (Phi) is 4.61. The van der Waals surface area contributed by atoms with Crippen molar-refractivity contribution in [1.29, 1.82) is 0 Å². The van der Waals surface area contributed by atoms with Crippen molar-refractivity contribution in [3.63, 3.8) is 0 Å². The lowest BCUT2D eigenvalue weighted by molar-refractivity contribution is 0.593. The van der Waals surface area contributed by atoms with E-state index in [-0.39, 0.29) is 10.6 Å². The van der Waals surface area contributed by atoms with E-state index in [0.717, 1.165) is 5.75 Å². The predicted molar refractivity (Wildman–Crippen MR) is 73.3 cm³/mol. The maximum absolute atomic E-state index is 12.7. The minimum absolute atomic E-state index is 0.142. The number of benzene rings is 1. The number of hydrogen-bond acceptors (Lipinski definition) is 2. The summed E-state index contributed by atoms with van der Waals surface area (Å²) < 4.78 is 36.5. The number of halogens is 1. The zero-order valence-corrected chi connectivity index (χ0v) is 12.1. The first-order chi connectivity index (χ1) is 7.71. The van der Waals surface area contributed by atoms with E-state index in [0.29, 0.717) is 6.42 Å². The molecular formula is C12H19FO2S2. The third-order valence-electron chi connectivity index (χ3n) is 2.34. The highest BCUT2D eigenvalue weighted by Gasteiger charge is 2.15. The number of sulfone groups is 1. The molecule has 0 aliphatic rings. The van der Waals surface area contributed by atoms with Crippen LogP contribution in [0.3, 0.4) is 0 Å². The van der Waals surface area contributed by atoms with Crippen LogP contribution in [0, 0.1) is 5.82 Å². The standard InChI is InChI=1S/C12H19FO2S2/c1-16(2,3)9-4-10-17(14,15)12-7-5-11(13)6-8-12/h5-8H,4,9-10H2,1-3H3. The quantitative estimate of drug-likeness (QED) is 0.776. The Morgan fingerprint density at radius 3 is 2.00 bits per heavy atom. The van der Waals surface area contributed by atoms with Crippen molar-refractivity contribution >= 4 is 19.9 Å². The Bertz CT molecular complexity index is 458. The zero-order valence-electron chi connectivity index (χ0n) is 10.4. The van der Waals surface area contributed by atoms with Crippen molar-refractivity contribution in [2.45, 2.75) is 11.3 Å². The Morgan fingerprint density at radius 2 is 1.53 bits per heavy atom. The van der Waals surface area contributed by atoms with Gasteiger partial charge in [-0.05, 0) is 55.2 Å². The summed E-state index contributed by atoms with van der Waals surface area (Å²) in [6, 6.07) is 5.02. The lowest BCUT2D eigenvalue weighted by atomic mass is 10.4. The highest BCUT2D eigenvalue weighted by Crippen LogP contribution is 2.35. The van der Waals surface area contributed by atoms with Gasteiger partial charge in [0.05, 0.1) is 10.6 Å². The van der Waals surface area contributed by atoms with Gasteiger partial charge >= 0.3 is 0 Å². The predicted octanol–water partition coefficient (Wildman–Crippen LogP) is 2.68. The molecule has 0 unspecified atom stereocenters. The van der Waals surface area contributed by atoms with E-state index in [1.165, 1.54) is 24.3 Å². The van der Waals surface area contributed by atoms with Crippen molar-refractivity contribution in [3.8, 4) is 0 Å². The van der Waals surface area contributed by atoms with E-state index in [9.17, 15) is 12.8 Å². The van der Waals surface area contributed by atoms with E-state index in [1.807, 2.05) is 0 Å². The van der Waals surface area contributed by atoms with Gasteiger partial charge in [-0.15, -0.1) is 0 Å². The van der Waals surface area contributed by atoms with Gasteiger partial charge in [0.15, 0.2) is 9.84 Å². The van der Waals surface area contributed by atoms with E-state index >= 15 is 0 Å². The summed E-state index contributed by atoms with van der Waals surface area (Å²) in [5.41, 5.74) is 0. The van der Waals surface area contributed by atoms with Gasteiger partial charge in [-0.25, -0.2) is 22.8 Å². The Morgan fingerprint density at radius 1 is 1.00 bits per heavy atom. The number of rotatable bonds is 5. The molecule has 0 aromatic heterocycles. The van der Waals surface area contributed by atoms with Crippen LogP contribution in [0.25, 0.3) is 0 Å². The first-order valence-electron chi connectivity index (χ1n) is 5.35. The van der Waals surface area contributed by atoms with E-state index < -0.39 is 25.7 Å². The van der Waals surface area contributed by atoms with Crippen LogP contribution >= 0.6 is 10.0 Å². The van der Waals surface area contributed by atoms with Gasteiger partial charge in [0.25, 0.3) is 0 Å². The fourth-order valence-electron chi connectivity index (χ4n) is 1.44. The molecule has 0 fully saturated rings. The van der Waals surface area contributed by atoms with Gasteiger partial charge in [-0.3, -0.25) is 0 Å². The molecule has 2 nitrogen and oxygen atoms in total. The molecule has 0 spiro atoms. The minimum atomic E-state index is -3.25. The smallest absolute Gasteiger partial charge is 0.178 e. The van der Waals surface area contributed by atoms with Crippen molar-refractivity contribution in [2.24, 2.45) is 0 Å². The van der Waals surface area contributed by atoms with Gasteiger partial charge in [0, 0.05) is 0 Å². The first kappa shape index (κ1) is 14.5. The monoisotopic (exact) mass is 278 g/mol. The normalized spacial score (nSPS) is 13.6. The topological polar surface area (TPSA) is 34.1 Å². The summed E-state index contributed by atoms with van der Waals surface area (Å²) >= 11 is 0. The van der Waals surface area contributed by atoms with Crippen LogP contribution in [-0.4, -0.2) is 38.7 Å². The van der Waals surface area contributed by atoms with Crippen molar-refractivity contribution < 1.29 is 12.8 Å². The Labute approximate surface area is 104 Å². The lowest BCUT2D eigenvalue weighted by Gasteiger charge is -2.24. The second-order valence-corrected chi connectivity index (χ2v) is 11.6. The summed E-state index contributed by atoms with van der Waals surface area (Å²) in [6.07, 6.45) is 7.16. The maximum Gasteiger partial charge on any atom is 0.178 e. The summed E-state index contributed by atoms with van der Waals surface area (Å²) in [7, 11) is -3.91. The molecule has 1 aromatic rings. The summed E-state index contributed by atoms with van der Waals surface area (Å²) in [5, 5.41) is 0. The molecule has 0 atom stereocenters. The molecule has 0 saturated carbocycles. The van der Waals surface area contributed by atoms with Crippen LogP contribution < -0.4 is 0 Å². The third kappa shape index (κ3) is 5.08. The fraction of sp³-hybridized carbons (Fsp3) is 0.500. The minimum Gasteiger partial charge on any atom is -0.250 e. The second kappa shape index (κ2) is 5.40. The molecule has 1 rings (SSSR count). The van der Waals surface area contributed by atoms with Gasteiger partial charge < -0.3 is 0 Å². The molecule has 0 N–H and O–H groups in total. The van der Waals surface area contributed by atoms with Crippen LogP contribution in [0.15, 0.2) is 29.2 Å². The average molecular weight is 278 g/mol. The molecule has 17 heavy (non-hydrogen) atoms. The maximum atomic E-state index is 12.7. The highest BCUT2D eigenvalue weighted by atomic mass is 32.3. The van der Waals surface area contributed by atoms with E-state index in [1.54, 1.807) is 0 Å². The molecule has 0 bridgehead atoms. The highest BCUT2D eigenvalue weighted by molar-refractivity contribution is 8.32. The molecule has 1 aromatic carbocycles. The lowest BCUT2D eigenvalue weighted by Crippen LogP contribution is -2.10. The van der Waals surface area contributed by atoms with E-state index in [4.69, 9.17) is 0 Å². The van der Waals surface area contributed by atoms with Crippen molar-refractivity contribution in [3.05, 3.63) is 30.1 Å². The fourth-order valence-corrected chi connectivity index (χ4v) is 3.95. The zero-order chi connectivity index (χ0) is 13.1. The third-order valence-corrected chi connectivity index (χ3v) is 5.67. The van der Waals surface area contributed by atoms with Gasteiger partial charge in [-0.1, -0.05) is 0 Å². The molecule has 98 valence electrons. The largest absolute Gasteiger partial charge is 0.250 e. The molecule has 0 aliphatic heterocycles. The van der Waals surface area contributed by atoms with Crippen LogP contribution in [0.1, 0.15) is 6.42 Å². The van der Waals surface area contributed by atoms with Gasteiger partial charge in [-0.2, -0.15) is 0 Å². The van der Waals surface area contributed by atoms with Crippen LogP contribution in [0.2, 0.25) is 0 Å². The summed E-state index contributed by atoms with van der Waals surface area (Å²) in [6.45, 7) is 0. The average Bonchev–Trinajstić information content (AvgIpc) is 2.15. The molecule has 0 amide bonds. The van der Waals surface area contributed by atoms with Crippen LogP contribution in [-0.2, 0) is 9.84 Å². The Hall–Kier alpha value is -0.550. The van der Waals surface area contributed by atoms with Crippen LogP contribution in [0.5, 0.6) is 0 Å². The molecule has 0 radical (unpaired) electrons. The molecule has 0 aliphatic carbocycles. The summed E-state index contributed by atoms with van der Waals surface area (Å²) in [5.74, 6) is 0.666. The van der Waals surface area contributed by atoms with E-state index in [2.05, 4.69) is 18.8 Å². The van der Waals surface area contributed by atoms with Crippen LogP contribution in [0.4, 0.5) is 4.39 Å². The Balaban J connectivity index is 2.66. The SMILES string of the molecule is CS(C)(C)CCCS(=O)(=O)c1ccc(F)cc1. The van der Waals surface area contributed by atoms with Crippen molar-refractivity contribution in [1.82, 2.24) is 0 Å².